The second-order valence-electron chi connectivity index (χ2n) is 8.71. The predicted molar refractivity (Wildman–Crippen MR) is 117 cm³/mol. The van der Waals surface area contributed by atoms with Crippen LogP contribution >= 0.6 is 0 Å². The van der Waals surface area contributed by atoms with Crippen LogP contribution in [-0.2, 0) is 23.1 Å². The first kappa shape index (κ1) is 18.9. The van der Waals surface area contributed by atoms with E-state index in [-0.39, 0.29) is 17.9 Å². The van der Waals surface area contributed by atoms with Crippen molar-refractivity contribution >= 4 is 22.7 Å². The second kappa shape index (κ2) is 7.31. The number of amides is 2. The van der Waals surface area contributed by atoms with E-state index in [2.05, 4.69) is 35.0 Å². The van der Waals surface area contributed by atoms with E-state index in [1.165, 1.54) is 5.56 Å². The number of hydrogen-bond acceptors (Lipinski definition) is 2. The smallest absolute Gasteiger partial charge is 0.227 e. The molecule has 0 N–H and O–H groups in total. The van der Waals surface area contributed by atoms with Crippen LogP contribution in [0, 0.1) is 11.8 Å². The zero-order chi connectivity index (χ0) is 20.8. The summed E-state index contributed by atoms with van der Waals surface area (Å²) in [6, 6.07) is 18.5. The van der Waals surface area contributed by atoms with Gasteiger partial charge in [0.2, 0.25) is 11.8 Å². The number of fused-ring (bicyclic) bond motifs is 2. The van der Waals surface area contributed by atoms with Gasteiger partial charge in [-0.05, 0) is 17.2 Å². The first-order chi connectivity index (χ1) is 14.5. The first-order valence-corrected chi connectivity index (χ1v) is 10.7. The normalized spacial score (nSPS) is 23.2. The summed E-state index contributed by atoms with van der Waals surface area (Å²) in [6.07, 6.45) is 2.50. The Kier molecular flexibility index (Phi) is 4.61. The molecule has 2 aliphatic heterocycles. The van der Waals surface area contributed by atoms with E-state index in [9.17, 15) is 9.59 Å². The monoisotopic (exact) mass is 401 g/mol. The fourth-order valence-corrected chi connectivity index (χ4v) is 5.49. The summed E-state index contributed by atoms with van der Waals surface area (Å²) in [4.78, 5) is 29.5. The molecule has 2 amide bonds. The Morgan fingerprint density at radius 3 is 2.47 bits per heavy atom. The zero-order valence-corrected chi connectivity index (χ0v) is 17.5. The third-order valence-electron chi connectivity index (χ3n) is 6.88. The van der Waals surface area contributed by atoms with Gasteiger partial charge in [0.15, 0.2) is 0 Å². The lowest BCUT2D eigenvalue weighted by Crippen LogP contribution is -2.37. The standard InChI is InChI=1S/C25H27N3O2/c1-17(29)28-15-20-14-27(16-22(20)25(28)18-8-4-3-5-9-18)24(30)12-19-13-26(2)23-11-7-6-10-21(19)23/h3-11,13,20,22,25H,12,14-16H2,1-2H3/t20-,22-,25-/m1/s1. The molecule has 0 radical (unpaired) electrons. The van der Waals surface area contributed by atoms with Crippen molar-refractivity contribution in [3.63, 3.8) is 0 Å². The predicted octanol–water partition coefficient (Wildman–Crippen LogP) is 3.40. The van der Waals surface area contributed by atoms with Crippen molar-refractivity contribution in [2.45, 2.75) is 19.4 Å². The summed E-state index contributed by atoms with van der Waals surface area (Å²) < 4.78 is 2.09. The molecule has 5 rings (SSSR count). The summed E-state index contributed by atoms with van der Waals surface area (Å²) in [6.45, 7) is 3.84. The number of nitrogens with zero attached hydrogens (tertiary/aromatic N) is 3. The number of likely N-dealkylation sites (tertiary alicyclic amines) is 2. The van der Waals surface area contributed by atoms with Crippen LogP contribution in [0.1, 0.15) is 24.1 Å². The highest BCUT2D eigenvalue weighted by molar-refractivity contribution is 5.89. The van der Waals surface area contributed by atoms with Crippen molar-refractivity contribution in [1.82, 2.24) is 14.4 Å². The number of aromatic nitrogens is 1. The van der Waals surface area contributed by atoms with Crippen LogP contribution < -0.4 is 0 Å². The minimum Gasteiger partial charge on any atom is -0.350 e. The molecule has 154 valence electrons. The van der Waals surface area contributed by atoms with Crippen LogP contribution in [0.4, 0.5) is 0 Å². The van der Waals surface area contributed by atoms with E-state index in [4.69, 9.17) is 0 Å². The lowest BCUT2D eigenvalue weighted by atomic mass is 9.89. The van der Waals surface area contributed by atoms with Gasteiger partial charge in [-0.15, -0.1) is 0 Å². The lowest BCUT2D eigenvalue weighted by Gasteiger charge is -2.29. The SMILES string of the molecule is CC(=O)N1C[C@H]2CN(C(=O)Cc3cn(C)c4ccccc34)C[C@H]2[C@H]1c1ccccc1. The second-order valence-corrected chi connectivity index (χ2v) is 8.71. The Morgan fingerprint density at radius 2 is 1.70 bits per heavy atom. The van der Waals surface area contributed by atoms with Gasteiger partial charge in [-0.2, -0.15) is 0 Å². The molecule has 2 aliphatic rings. The number of benzene rings is 2. The molecule has 0 aliphatic carbocycles. The Labute approximate surface area is 176 Å². The molecular formula is C25H27N3O2. The van der Waals surface area contributed by atoms with E-state index in [0.717, 1.165) is 36.1 Å². The van der Waals surface area contributed by atoms with Gasteiger partial charge in [0.05, 0.1) is 12.5 Å². The highest BCUT2D eigenvalue weighted by atomic mass is 16.2. The molecule has 3 atom stereocenters. The summed E-state index contributed by atoms with van der Waals surface area (Å²) in [5.74, 6) is 0.942. The molecule has 5 heteroatoms. The fourth-order valence-electron chi connectivity index (χ4n) is 5.49. The summed E-state index contributed by atoms with van der Waals surface area (Å²) in [5, 5.41) is 1.15. The maximum absolute atomic E-state index is 13.2. The topological polar surface area (TPSA) is 45.6 Å². The molecule has 2 saturated heterocycles. The molecule has 0 unspecified atom stereocenters. The van der Waals surface area contributed by atoms with Crippen molar-refractivity contribution in [2.24, 2.45) is 18.9 Å². The van der Waals surface area contributed by atoms with Crippen molar-refractivity contribution in [2.75, 3.05) is 19.6 Å². The molecular weight excluding hydrogens is 374 g/mol. The number of hydrogen-bond donors (Lipinski definition) is 0. The van der Waals surface area contributed by atoms with E-state index < -0.39 is 0 Å². The Morgan fingerprint density at radius 1 is 0.967 bits per heavy atom. The number of aryl methyl sites for hydroxylation is 1. The molecule has 2 fully saturated rings. The molecule has 30 heavy (non-hydrogen) atoms. The number of rotatable bonds is 3. The van der Waals surface area contributed by atoms with Crippen LogP contribution in [0.25, 0.3) is 10.9 Å². The summed E-state index contributed by atoms with van der Waals surface area (Å²) >= 11 is 0. The Balaban J connectivity index is 1.36. The third-order valence-corrected chi connectivity index (χ3v) is 6.88. The van der Waals surface area contributed by atoms with Crippen LogP contribution in [0.3, 0.4) is 0 Å². The molecule has 0 saturated carbocycles. The summed E-state index contributed by atoms with van der Waals surface area (Å²) in [7, 11) is 2.03. The summed E-state index contributed by atoms with van der Waals surface area (Å²) in [5.41, 5.74) is 3.41. The molecule has 5 nitrogen and oxygen atoms in total. The van der Waals surface area contributed by atoms with Gasteiger partial charge >= 0.3 is 0 Å². The van der Waals surface area contributed by atoms with Crippen LogP contribution in [0.5, 0.6) is 0 Å². The number of carbonyl (C=O) groups is 2. The average Bonchev–Trinajstić information content (AvgIpc) is 3.40. The van der Waals surface area contributed by atoms with Crippen molar-refractivity contribution < 1.29 is 9.59 Å². The highest BCUT2D eigenvalue weighted by Gasteiger charge is 2.49. The van der Waals surface area contributed by atoms with E-state index in [0.29, 0.717) is 18.3 Å². The molecule has 2 aromatic carbocycles. The maximum atomic E-state index is 13.2. The van der Waals surface area contributed by atoms with Crippen molar-refractivity contribution in [1.29, 1.82) is 0 Å². The van der Waals surface area contributed by atoms with Crippen molar-refractivity contribution in [3.05, 3.63) is 71.9 Å². The first-order valence-electron chi connectivity index (χ1n) is 10.7. The molecule has 3 heterocycles. The van der Waals surface area contributed by atoms with Gasteiger partial charge in [-0.3, -0.25) is 9.59 Å². The van der Waals surface area contributed by atoms with E-state index in [1.807, 2.05) is 47.2 Å². The lowest BCUT2D eigenvalue weighted by molar-refractivity contribution is -0.131. The Bertz CT molecular complexity index is 1100. The van der Waals surface area contributed by atoms with Gasteiger partial charge in [0.1, 0.15) is 0 Å². The average molecular weight is 402 g/mol. The third kappa shape index (κ3) is 3.09. The van der Waals surface area contributed by atoms with Gasteiger partial charge in [0, 0.05) is 62.5 Å². The van der Waals surface area contributed by atoms with Crippen LogP contribution in [-0.4, -0.2) is 45.8 Å². The van der Waals surface area contributed by atoms with Gasteiger partial charge < -0.3 is 14.4 Å². The zero-order valence-electron chi connectivity index (χ0n) is 17.5. The highest BCUT2D eigenvalue weighted by Crippen LogP contribution is 2.45. The molecule has 3 aromatic rings. The van der Waals surface area contributed by atoms with E-state index >= 15 is 0 Å². The van der Waals surface area contributed by atoms with Crippen molar-refractivity contribution in [3.8, 4) is 0 Å². The van der Waals surface area contributed by atoms with Gasteiger partial charge in [0.25, 0.3) is 0 Å². The Hall–Kier alpha value is -3.08. The number of para-hydroxylation sites is 1. The largest absolute Gasteiger partial charge is 0.350 e. The van der Waals surface area contributed by atoms with Gasteiger partial charge in [-0.1, -0.05) is 48.5 Å². The fraction of sp³-hybridized carbons (Fsp3) is 0.360. The van der Waals surface area contributed by atoms with Crippen LogP contribution in [0.15, 0.2) is 60.8 Å². The van der Waals surface area contributed by atoms with E-state index in [1.54, 1.807) is 6.92 Å². The number of carbonyl (C=O) groups excluding carboxylic acids is 2. The maximum Gasteiger partial charge on any atom is 0.227 e. The molecule has 0 spiro atoms. The quantitative estimate of drug-likeness (QED) is 0.675. The van der Waals surface area contributed by atoms with Gasteiger partial charge in [-0.25, -0.2) is 0 Å². The minimum atomic E-state index is 0.0593. The van der Waals surface area contributed by atoms with Crippen LogP contribution in [0.2, 0.25) is 0 Å². The minimum absolute atomic E-state index is 0.0593. The molecule has 1 aromatic heterocycles. The molecule has 0 bridgehead atoms.